The Morgan fingerprint density at radius 2 is 1.67 bits per heavy atom. The van der Waals surface area contributed by atoms with Crippen LogP contribution in [-0.4, -0.2) is 25.6 Å². The van der Waals surface area contributed by atoms with Gasteiger partial charge in [0.1, 0.15) is 6.04 Å². The lowest BCUT2D eigenvalue weighted by Gasteiger charge is -2.10. The van der Waals surface area contributed by atoms with Gasteiger partial charge in [-0.15, -0.1) is 0 Å². The fourth-order valence-corrected chi connectivity index (χ4v) is 0.985. The Morgan fingerprint density at radius 3 is 1.78 bits per heavy atom. The first-order valence-corrected chi connectivity index (χ1v) is 6.94. The standard InChI is InChI=1S/C7H12N2O.C3H9NO2S.CH4/c1-4(2)6-7(10)9-5(3)8-6;1-3(2)7(4,5)6;/h4,6,8H,3H2,1-2H3,(H,9,10);3H,1-2H3,(H2,4,5,6);1H4. The van der Waals surface area contributed by atoms with Crippen molar-refractivity contribution < 1.29 is 13.2 Å². The number of sulfonamides is 1. The highest BCUT2D eigenvalue weighted by Gasteiger charge is 2.28. The van der Waals surface area contributed by atoms with E-state index in [1.165, 1.54) is 13.8 Å². The van der Waals surface area contributed by atoms with E-state index in [0.717, 1.165) is 0 Å². The number of carbonyl (C=O) groups is 1. The van der Waals surface area contributed by atoms with Crippen LogP contribution in [0.4, 0.5) is 0 Å². The Morgan fingerprint density at radius 1 is 1.28 bits per heavy atom. The van der Waals surface area contributed by atoms with Crippen LogP contribution < -0.4 is 15.8 Å². The monoisotopic (exact) mass is 279 g/mol. The fraction of sp³-hybridized carbons (Fsp3) is 0.727. The van der Waals surface area contributed by atoms with Crippen LogP contribution in [0.1, 0.15) is 35.1 Å². The van der Waals surface area contributed by atoms with E-state index in [2.05, 4.69) is 22.4 Å². The van der Waals surface area contributed by atoms with Gasteiger partial charge in [0.25, 0.3) is 0 Å². The summed E-state index contributed by atoms with van der Waals surface area (Å²) in [5, 5.41) is 9.75. The number of rotatable bonds is 2. The molecule has 0 aromatic heterocycles. The molecule has 0 radical (unpaired) electrons. The van der Waals surface area contributed by atoms with E-state index < -0.39 is 15.3 Å². The van der Waals surface area contributed by atoms with Gasteiger partial charge in [0.2, 0.25) is 15.9 Å². The Labute approximate surface area is 110 Å². The molecular formula is C11H25N3O3S. The molecule has 6 nitrogen and oxygen atoms in total. The second-order valence-electron chi connectivity index (χ2n) is 4.47. The molecule has 7 heteroatoms. The summed E-state index contributed by atoms with van der Waals surface area (Å²) in [6.45, 7) is 10.7. The third-order valence-corrected chi connectivity index (χ3v) is 3.52. The molecule has 1 aliphatic rings. The Kier molecular flexibility index (Phi) is 7.89. The van der Waals surface area contributed by atoms with E-state index >= 15 is 0 Å². The molecule has 18 heavy (non-hydrogen) atoms. The number of hydrogen-bond donors (Lipinski definition) is 3. The predicted molar refractivity (Wildman–Crippen MR) is 74.0 cm³/mol. The van der Waals surface area contributed by atoms with Crippen LogP contribution in [0.2, 0.25) is 0 Å². The lowest BCUT2D eigenvalue weighted by atomic mass is 10.1. The zero-order valence-corrected chi connectivity index (χ0v) is 11.5. The van der Waals surface area contributed by atoms with E-state index in [1.54, 1.807) is 0 Å². The first-order valence-electron chi connectivity index (χ1n) is 5.33. The minimum atomic E-state index is -3.24. The Balaban J connectivity index is 0. The van der Waals surface area contributed by atoms with Gasteiger partial charge in [-0.2, -0.15) is 0 Å². The molecule has 0 aliphatic carbocycles. The normalized spacial score (nSPS) is 18.7. The molecule has 1 atom stereocenters. The van der Waals surface area contributed by atoms with Gasteiger partial charge < -0.3 is 10.6 Å². The average Bonchev–Trinajstić information content (AvgIpc) is 2.44. The highest BCUT2D eigenvalue weighted by Crippen LogP contribution is 2.07. The number of nitrogens with one attached hydrogen (secondary N) is 2. The van der Waals surface area contributed by atoms with E-state index in [-0.39, 0.29) is 19.4 Å². The molecule has 0 aromatic rings. The van der Waals surface area contributed by atoms with Crippen LogP contribution in [0.15, 0.2) is 12.4 Å². The van der Waals surface area contributed by atoms with Crippen molar-refractivity contribution in [2.45, 2.75) is 46.4 Å². The molecule has 1 rings (SSSR count). The second-order valence-corrected chi connectivity index (χ2v) is 6.59. The third kappa shape index (κ3) is 6.61. The Bertz CT molecular complexity index is 388. The molecule has 0 bridgehead atoms. The van der Waals surface area contributed by atoms with E-state index in [1.807, 2.05) is 13.8 Å². The Hall–Kier alpha value is -1.08. The minimum Gasteiger partial charge on any atom is -0.360 e. The number of primary sulfonamides is 1. The molecule has 0 spiro atoms. The van der Waals surface area contributed by atoms with Crippen LogP contribution in [-0.2, 0) is 14.8 Å². The first kappa shape index (κ1) is 19.3. The van der Waals surface area contributed by atoms with Crippen LogP contribution >= 0.6 is 0 Å². The number of amides is 1. The second kappa shape index (κ2) is 7.38. The van der Waals surface area contributed by atoms with Crippen molar-refractivity contribution in [2.75, 3.05) is 0 Å². The first-order chi connectivity index (χ1) is 7.55. The number of nitrogens with two attached hydrogens (primary N) is 1. The van der Waals surface area contributed by atoms with Gasteiger partial charge >= 0.3 is 0 Å². The van der Waals surface area contributed by atoms with Crippen LogP contribution in [0.25, 0.3) is 0 Å². The highest BCUT2D eigenvalue weighted by atomic mass is 32.2. The molecule has 0 aromatic carbocycles. The average molecular weight is 279 g/mol. The molecule has 1 unspecified atom stereocenters. The largest absolute Gasteiger partial charge is 0.360 e. The van der Waals surface area contributed by atoms with Gasteiger partial charge in [-0.05, 0) is 19.8 Å². The van der Waals surface area contributed by atoms with Crippen molar-refractivity contribution >= 4 is 15.9 Å². The van der Waals surface area contributed by atoms with Crippen molar-refractivity contribution in [3.63, 3.8) is 0 Å². The van der Waals surface area contributed by atoms with Crippen molar-refractivity contribution in [1.29, 1.82) is 0 Å². The van der Waals surface area contributed by atoms with Crippen molar-refractivity contribution in [1.82, 2.24) is 10.6 Å². The highest BCUT2D eigenvalue weighted by molar-refractivity contribution is 7.89. The summed E-state index contributed by atoms with van der Waals surface area (Å²) >= 11 is 0. The summed E-state index contributed by atoms with van der Waals surface area (Å²) in [5.41, 5.74) is 0. The molecule has 1 fully saturated rings. The van der Waals surface area contributed by atoms with Gasteiger partial charge in [0.05, 0.1) is 11.1 Å². The van der Waals surface area contributed by atoms with Crippen molar-refractivity contribution in [3.05, 3.63) is 12.4 Å². The zero-order chi connectivity index (χ0) is 13.8. The maximum absolute atomic E-state index is 11.0. The summed E-state index contributed by atoms with van der Waals surface area (Å²) in [5.74, 6) is 0.961. The van der Waals surface area contributed by atoms with E-state index in [0.29, 0.717) is 11.7 Å². The zero-order valence-electron chi connectivity index (χ0n) is 10.6. The van der Waals surface area contributed by atoms with Gasteiger partial charge in [0.15, 0.2) is 0 Å². The predicted octanol–water partition coefficient (Wildman–Crippen LogP) is 0.521. The number of carbonyl (C=O) groups excluding carboxylic acids is 1. The van der Waals surface area contributed by atoms with Crippen LogP contribution in [0.5, 0.6) is 0 Å². The van der Waals surface area contributed by atoms with Crippen molar-refractivity contribution in [3.8, 4) is 0 Å². The molecular weight excluding hydrogens is 254 g/mol. The molecule has 1 amide bonds. The lowest BCUT2D eigenvalue weighted by Crippen LogP contribution is -2.33. The quantitative estimate of drug-likeness (QED) is 0.686. The minimum absolute atomic E-state index is 0. The molecule has 1 saturated heterocycles. The maximum atomic E-state index is 11.0. The fourth-order valence-electron chi connectivity index (χ4n) is 0.985. The SMILES string of the molecule is C.C=C1NC(=O)C(C(C)C)N1.CC(C)S(N)(=O)=O. The molecule has 1 aliphatic heterocycles. The molecule has 108 valence electrons. The summed E-state index contributed by atoms with van der Waals surface area (Å²) in [6, 6.07) is -0.0903. The lowest BCUT2D eigenvalue weighted by molar-refractivity contribution is -0.121. The number of hydrogen-bond acceptors (Lipinski definition) is 4. The van der Waals surface area contributed by atoms with Gasteiger partial charge in [-0.3, -0.25) is 4.79 Å². The summed E-state index contributed by atoms with van der Waals surface area (Å²) in [7, 11) is -3.24. The summed E-state index contributed by atoms with van der Waals surface area (Å²) < 4.78 is 20.2. The van der Waals surface area contributed by atoms with Crippen LogP contribution in [0, 0.1) is 5.92 Å². The maximum Gasteiger partial charge on any atom is 0.248 e. The van der Waals surface area contributed by atoms with Gasteiger partial charge in [0, 0.05) is 0 Å². The third-order valence-electron chi connectivity index (χ3n) is 2.21. The van der Waals surface area contributed by atoms with Gasteiger partial charge in [-0.25, -0.2) is 13.6 Å². The van der Waals surface area contributed by atoms with E-state index in [9.17, 15) is 13.2 Å². The summed E-state index contributed by atoms with van der Waals surface area (Å²) in [4.78, 5) is 11.0. The molecule has 4 N–H and O–H groups in total. The summed E-state index contributed by atoms with van der Waals surface area (Å²) in [6.07, 6.45) is 0. The van der Waals surface area contributed by atoms with E-state index in [4.69, 9.17) is 0 Å². The van der Waals surface area contributed by atoms with Gasteiger partial charge in [-0.1, -0.05) is 27.9 Å². The molecule has 1 heterocycles. The van der Waals surface area contributed by atoms with Crippen LogP contribution in [0.3, 0.4) is 0 Å². The van der Waals surface area contributed by atoms with Crippen molar-refractivity contribution in [2.24, 2.45) is 11.1 Å². The topological polar surface area (TPSA) is 101 Å². The molecule has 0 saturated carbocycles. The smallest absolute Gasteiger partial charge is 0.248 e.